The van der Waals surface area contributed by atoms with Crippen molar-refractivity contribution < 1.29 is 0 Å². The van der Waals surface area contributed by atoms with Crippen molar-refractivity contribution in [3.05, 3.63) is 20.8 Å². The topological polar surface area (TPSA) is 12.0 Å². The maximum absolute atomic E-state index is 3.70. The van der Waals surface area contributed by atoms with Gasteiger partial charge in [-0.2, -0.15) is 0 Å². The first kappa shape index (κ1) is 14.5. The average Bonchev–Trinajstić information content (AvgIpc) is 2.73. The lowest BCUT2D eigenvalue weighted by Crippen LogP contribution is -2.32. The van der Waals surface area contributed by atoms with Crippen molar-refractivity contribution in [2.75, 3.05) is 6.54 Å². The highest BCUT2D eigenvalue weighted by atomic mass is 79.9. The summed E-state index contributed by atoms with van der Waals surface area (Å²) >= 11 is 5.58. The van der Waals surface area contributed by atoms with E-state index in [4.69, 9.17) is 0 Å². The van der Waals surface area contributed by atoms with Crippen molar-refractivity contribution in [3.8, 4) is 0 Å². The summed E-state index contributed by atoms with van der Waals surface area (Å²) in [7, 11) is 0. The van der Waals surface area contributed by atoms with Crippen LogP contribution in [0.4, 0.5) is 0 Å². The van der Waals surface area contributed by atoms with Crippen LogP contribution in [0.5, 0.6) is 0 Å². The second-order valence-corrected chi connectivity index (χ2v) is 7.97. The van der Waals surface area contributed by atoms with Crippen LogP contribution < -0.4 is 5.32 Å². The van der Waals surface area contributed by atoms with Crippen LogP contribution in [0.1, 0.15) is 57.4 Å². The van der Waals surface area contributed by atoms with Crippen LogP contribution in [-0.4, -0.2) is 6.54 Å². The number of nitrogens with one attached hydrogen (secondary N) is 1. The molecule has 0 aromatic carbocycles. The lowest BCUT2D eigenvalue weighted by atomic mass is 9.71. The summed E-state index contributed by atoms with van der Waals surface area (Å²) in [6.45, 7) is 8.08. The van der Waals surface area contributed by atoms with E-state index in [1.54, 1.807) is 0 Å². The van der Waals surface area contributed by atoms with Gasteiger partial charge in [0.15, 0.2) is 0 Å². The zero-order valence-electron chi connectivity index (χ0n) is 11.6. The summed E-state index contributed by atoms with van der Waals surface area (Å²) in [5.41, 5.74) is 0.556. The number of hydrogen-bond donors (Lipinski definition) is 1. The van der Waals surface area contributed by atoms with Gasteiger partial charge in [-0.3, -0.25) is 0 Å². The fraction of sp³-hybridized carbons (Fsp3) is 0.733. The predicted molar refractivity (Wildman–Crippen MR) is 84.2 cm³/mol. The van der Waals surface area contributed by atoms with Crippen molar-refractivity contribution in [1.82, 2.24) is 5.32 Å². The Balaban J connectivity index is 2.10. The zero-order chi connectivity index (χ0) is 13.2. The molecular weight excluding hydrogens is 306 g/mol. The van der Waals surface area contributed by atoms with Crippen LogP contribution in [0, 0.1) is 11.3 Å². The van der Waals surface area contributed by atoms with Gasteiger partial charge in [-0.1, -0.05) is 20.8 Å². The molecule has 0 radical (unpaired) electrons. The molecule has 1 saturated carbocycles. The standard InChI is InChI=1S/C15H24BrNS/c1-4-17-13(14-12(16)7-10-18-14)11-5-8-15(2,3)9-6-11/h7,10-11,13,17H,4-6,8-9H2,1-3H3. The molecule has 102 valence electrons. The van der Waals surface area contributed by atoms with Crippen molar-refractivity contribution in [1.29, 1.82) is 0 Å². The Labute approximate surface area is 123 Å². The minimum atomic E-state index is 0.542. The molecule has 1 nitrogen and oxygen atoms in total. The second-order valence-electron chi connectivity index (χ2n) is 6.17. The predicted octanol–water partition coefficient (Wildman–Crippen LogP) is 5.38. The van der Waals surface area contributed by atoms with Crippen LogP contribution in [-0.2, 0) is 0 Å². The summed E-state index contributed by atoms with van der Waals surface area (Å²) in [6, 6.07) is 2.72. The van der Waals surface area contributed by atoms with Crippen LogP contribution in [0.25, 0.3) is 0 Å². The highest BCUT2D eigenvalue weighted by molar-refractivity contribution is 9.10. The van der Waals surface area contributed by atoms with Crippen molar-refractivity contribution in [2.24, 2.45) is 11.3 Å². The molecule has 1 aliphatic rings. The number of hydrogen-bond acceptors (Lipinski definition) is 2. The van der Waals surface area contributed by atoms with Gasteiger partial charge in [0, 0.05) is 15.4 Å². The lowest BCUT2D eigenvalue weighted by Gasteiger charge is -2.38. The Kier molecular flexibility index (Phi) is 4.90. The normalized spacial score (nSPS) is 22.0. The summed E-state index contributed by atoms with van der Waals surface area (Å²) in [4.78, 5) is 1.49. The van der Waals surface area contributed by atoms with Gasteiger partial charge in [-0.25, -0.2) is 0 Å². The number of halogens is 1. The average molecular weight is 330 g/mol. The molecule has 3 heteroatoms. The largest absolute Gasteiger partial charge is 0.309 e. The summed E-state index contributed by atoms with van der Waals surface area (Å²) in [5.74, 6) is 0.799. The molecule has 1 aliphatic carbocycles. The lowest BCUT2D eigenvalue weighted by molar-refractivity contribution is 0.163. The van der Waals surface area contributed by atoms with E-state index in [9.17, 15) is 0 Å². The summed E-state index contributed by atoms with van der Waals surface area (Å²) in [6.07, 6.45) is 5.44. The molecule has 0 bridgehead atoms. The summed E-state index contributed by atoms with van der Waals surface area (Å²) in [5, 5.41) is 5.89. The first-order valence-corrected chi connectivity index (χ1v) is 8.67. The summed E-state index contributed by atoms with van der Waals surface area (Å²) < 4.78 is 1.28. The SMILES string of the molecule is CCNC(c1sccc1Br)C1CCC(C)(C)CC1. The third-order valence-electron chi connectivity index (χ3n) is 4.21. The Morgan fingerprint density at radius 3 is 2.61 bits per heavy atom. The number of rotatable bonds is 4. The van der Waals surface area contributed by atoms with Crippen molar-refractivity contribution >= 4 is 27.3 Å². The van der Waals surface area contributed by atoms with Crippen molar-refractivity contribution in [3.63, 3.8) is 0 Å². The Morgan fingerprint density at radius 2 is 2.11 bits per heavy atom. The molecule has 1 aromatic heterocycles. The molecule has 1 unspecified atom stereocenters. The maximum atomic E-state index is 3.70. The third-order valence-corrected chi connectivity index (χ3v) is 6.16. The van der Waals surface area contributed by atoms with Gasteiger partial charge in [0.05, 0.1) is 0 Å². The molecule has 1 aromatic rings. The Hall–Kier alpha value is 0.140. The Morgan fingerprint density at radius 1 is 1.44 bits per heavy atom. The van der Waals surface area contributed by atoms with Gasteiger partial charge in [-0.05, 0) is 70.9 Å². The molecule has 0 saturated heterocycles. The molecule has 2 rings (SSSR count). The molecular formula is C15H24BrNS. The van der Waals surface area contributed by atoms with E-state index >= 15 is 0 Å². The molecule has 1 heterocycles. The molecule has 1 atom stereocenters. The monoisotopic (exact) mass is 329 g/mol. The van der Waals surface area contributed by atoms with E-state index in [1.807, 2.05) is 11.3 Å². The van der Waals surface area contributed by atoms with E-state index in [0.29, 0.717) is 11.5 Å². The van der Waals surface area contributed by atoms with Crippen LogP contribution in [0.2, 0.25) is 0 Å². The third kappa shape index (κ3) is 3.37. The second kappa shape index (κ2) is 6.06. The smallest absolute Gasteiger partial charge is 0.0454 e. The fourth-order valence-corrected chi connectivity index (χ4v) is 4.76. The van der Waals surface area contributed by atoms with Crippen LogP contribution in [0.3, 0.4) is 0 Å². The highest BCUT2D eigenvalue weighted by Gasteiger charge is 2.32. The molecule has 0 aliphatic heterocycles. The van der Waals surface area contributed by atoms with E-state index in [2.05, 4.69) is 53.5 Å². The van der Waals surface area contributed by atoms with E-state index in [-0.39, 0.29) is 0 Å². The fourth-order valence-electron chi connectivity index (χ4n) is 2.98. The zero-order valence-corrected chi connectivity index (χ0v) is 14.0. The quantitative estimate of drug-likeness (QED) is 0.782. The van der Waals surface area contributed by atoms with Gasteiger partial charge in [0.2, 0.25) is 0 Å². The van der Waals surface area contributed by atoms with Crippen molar-refractivity contribution in [2.45, 2.75) is 52.5 Å². The molecule has 1 fully saturated rings. The van der Waals surface area contributed by atoms with Crippen LogP contribution >= 0.6 is 27.3 Å². The number of thiophene rings is 1. The van der Waals surface area contributed by atoms with E-state index < -0.39 is 0 Å². The molecule has 0 spiro atoms. The highest BCUT2D eigenvalue weighted by Crippen LogP contribution is 2.44. The van der Waals surface area contributed by atoms with E-state index in [1.165, 1.54) is 35.0 Å². The van der Waals surface area contributed by atoms with E-state index in [0.717, 1.165) is 12.5 Å². The van der Waals surface area contributed by atoms with Gasteiger partial charge < -0.3 is 5.32 Å². The maximum Gasteiger partial charge on any atom is 0.0454 e. The molecule has 1 N–H and O–H groups in total. The van der Waals surface area contributed by atoms with Crippen LogP contribution in [0.15, 0.2) is 15.9 Å². The Bertz CT molecular complexity index is 376. The first-order chi connectivity index (χ1) is 8.53. The van der Waals surface area contributed by atoms with Gasteiger partial charge in [0.1, 0.15) is 0 Å². The van der Waals surface area contributed by atoms with Gasteiger partial charge in [0.25, 0.3) is 0 Å². The van der Waals surface area contributed by atoms with Gasteiger partial charge in [-0.15, -0.1) is 11.3 Å². The van der Waals surface area contributed by atoms with Gasteiger partial charge >= 0.3 is 0 Å². The minimum Gasteiger partial charge on any atom is -0.309 e. The minimum absolute atomic E-state index is 0.542. The molecule has 0 amide bonds. The molecule has 18 heavy (non-hydrogen) atoms. The first-order valence-electron chi connectivity index (χ1n) is 7.00.